The van der Waals surface area contributed by atoms with Gasteiger partial charge in [-0.15, -0.1) is 0 Å². The third kappa shape index (κ3) is 6.50. The van der Waals surface area contributed by atoms with E-state index in [2.05, 4.69) is 26.1 Å². The first-order valence-electron chi connectivity index (χ1n) is 9.85. The molecular weight excluding hydrogens is 390 g/mol. The maximum absolute atomic E-state index is 12.0. The van der Waals surface area contributed by atoms with Crippen LogP contribution >= 0.6 is 0 Å². The second-order valence-corrected chi connectivity index (χ2v) is 7.22. The molecule has 0 fully saturated rings. The van der Waals surface area contributed by atoms with Crippen LogP contribution < -0.4 is 10.7 Å². The third-order valence-electron chi connectivity index (χ3n) is 4.68. The van der Waals surface area contributed by atoms with E-state index in [1.54, 1.807) is 12.1 Å². The van der Waals surface area contributed by atoms with Crippen LogP contribution in [0.1, 0.15) is 22.3 Å². The van der Waals surface area contributed by atoms with Crippen LogP contribution in [0.5, 0.6) is 5.75 Å². The van der Waals surface area contributed by atoms with Gasteiger partial charge in [0.15, 0.2) is 0 Å². The van der Waals surface area contributed by atoms with E-state index in [0.29, 0.717) is 11.3 Å². The maximum Gasteiger partial charge on any atom is 0.259 e. The summed E-state index contributed by atoms with van der Waals surface area (Å²) >= 11 is 0. The minimum absolute atomic E-state index is 0.0286. The highest BCUT2D eigenvalue weighted by atomic mass is 16.3. The SMILES string of the molecule is Cc1ccc(NCC(=O)NN=Cc2cc(N=Nc3ccc(C)c(C)c3)ccc2O)cc1. The van der Waals surface area contributed by atoms with Crippen LogP contribution in [0.3, 0.4) is 0 Å². The van der Waals surface area contributed by atoms with Gasteiger partial charge in [-0.3, -0.25) is 4.79 Å². The van der Waals surface area contributed by atoms with Gasteiger partial charge in [0.25, 0.3) is 5.91 Å². The molecule has 3 aromatic carbocycles. The van der Waals surface area contributed by atoms with Crippen molar-refractivity contribution in [1.82, 2.24) is 5.43 Å². The van der Waals surface area contributed by atoms with Gasteiger partial charge in [-0.25, -0.2) is 5.43 Å². The van der Waals surface area contributed by atoms with Gasteiger partial charge in [0.1, 0.15) is 5.75 Å². The fourth-order valence-corrected chi connectivity index (χ4v) is 2.68. The summed E-state index contributed by atoms with van der Waals surface area (Å²) in [5.41, 5.74) is 8.49. The summed E-state index contributed by atoms with van der Waals surface area (Å²) in [6.07, 6.45) is 1.37. The molecule has 0 saturated heterocycles. The first kappa shape index (κ1) is 21.7. The zero-order chi connectivity index (χ0) is 22.2. The lowest BCUT2D eigenvalue weighted by Gasteiger charge is -2.05. The monoisotopic (exact) mass is 415 g/mol. The van der Waals surface area contributed by atoms with Crippen LogP contribution in [0.15, 0.2) is 76.0 Å². The molecule has 158 valence electrons. The summed E-state index contributed by atoms with van der Waals surface area (Å²) < 4.78 is 0. The van der Waals surface area contributed by atoms with Crippen LogP contribution in [0.25, 0.3) is 0 Å². The first-order chi connectivity index (χ1) is 14.9. The number of rotatable bonds is 7. The summed E-state index contributed by atoms with van der Waals surface area (Å²) in [7, 11) is 0. The molecule has 0 aliphatic rings. The number of hydrogen-bond acceptors (Lipinski definition) is 6. The molecule has 3 N–H and O–H groups in total. The molecule has 0 aromatic heterocycles. The fraction of sp³-hybridized carbons (Fsp3) is 0.167. The van der Waals surface area contributed by atoms with Crippen molar-refractivity contribution in [2.45, 2.75) is 20.8 Å². The normalized spacial score (nSPS) is 11.2. The molecule has 0 spiro atoms. The zero-order valence-corrected chi connectivity index (χ0v) is 17.8. The topological polar surface area (TPSA) is 98.4 Å². The number of azo groups is 1. The summed E-state index contributed by atoms with van der Waals surface area (Å²) in [4.78, 5) is 12.0. The Morgan fingerprint density at radius 3 is 2.29 bits per heavy atom. The second-order valence-electron chi connectivity index (χ2n) is 7.22. The van der Waals surface area contributed by atoms with Gasteiger partial charge in [0.05, 0.1) is 24.1 Å². The van der Waals surface area contributed by atoms with Gasteiger partial charge in [-0.2, -0.15) is 15.3 Å². The van der Waals surface area contributed by atoms with E-state index in [-0.39, 0.29) is 18.2 Å². The average Bonchev–Trinajstić information content (AvgIpc) is 2.76. The van der Waals surface area contributed by atoms with Crippen molar-refractivity contribution >= 4 is 29.2 Å². The first-order valence-corrected chi connectivity index (χ1v) is 9.85. The van der Waals surface area contributed by atoms with Crippen molar-refractivity contribution < 1.29 is 9.90 Å². The number of benzene rings is 3. The number of carbonyl (C=O) groups excluding carboxylic acids is 1. The van der Waals surface area contributed by atoms with E-state index in [0.717, 1.165) is 22.5 Å². The molecule has 0 aliphatic carbocycles. The smallest absolute Gasteiger partial charge is 0.259 e. The van der Waals surface area contributed by atoms with Gasteiger partial charge < -0.3 is 10.4 Å². The predicted molar refractivity (Wildman–Crippen MR) is 124 cm³/mol. The van der Waals surface area contributed by atoms with Crippen molar-refractivity contribution in [3.05, 3.63) is 82.9 Å². The van der Waals surface area contributed by atoms with Crippen LogP contribution in [0.4, 0.5) is 17.1 Å². The van der Waals surface area contributed by atoms with E-state index >= 15 is 0 Å². The Kier molecular flexibility index (Phi) is 7.11. The number of nitrogens with one attached hydrogen (secondary N) is 2. The lowest BCUT2D eigenvalue weighted by atomic mass is 10.1. The molecule has 7 nitrogen and oxygen atoms in total. The number of phenols is 1. The van der Waals surface area contributed by atoms with Gasteiger partial charge >= 0.3 is 0 Å². The Bertz CT molecular complexity index is 1120. The van der Waals surface area contributed by atoms with Crippen molar-refractivity contribution in [2.75, 3.05) is 11.9 Å². The number of hydrogen-bond donors (Lipinski definition) is 3. The molecular formula is C24H25N5O2. The van der Waals surface area contributed by atoms with Gasteiger partial charge in [-0.1, -0.05) is 23.8 Å². The highest BCUT2D eigenvalue weighted by molar-refractivity contribution is 5.87. The largest absolute Gasteiger partial charge is 0.507 e. The Morgan fingerprint density at radius 1 is 0.903 bits per heavy atom. The molecule has 0 atom stereocenters. The highest BCUT2D eigenvalue weighted by Crippen LogP contribution is 2.25. The lowest BCUT2D eigenvalue weighted by molar-refractivity contribution is -0.119. The van der Waals surface area contributed by atoms with Crippen LogP contribution in [-0.2, 0) is 4.79 Å². The number of amides is 1. The van der Waals surface area contributed by atoms with Crippen molar-refractivity contribution in [3.63, 3.8) is 0 Å². The molecule has 0 saturated carbocycles. The molecule has 0 radical (unpaired) electrons. The quantitative estimate of drug-likeness (QED) is 0.278. The lowest BCUT2D eigenvalue weighted by Crippen LogP contribution is -2.25. The number of aryl methyl sites for hydroxylation is 3. The van der Waals surface area contributed by atoms with E-state index in [4.69, 9.17) is 0 Å². The molecule has 31 heavy (non-hydrogen) atoms. The van der Waals surface area contributed by atoms with E-state index in [9.17, 15) is 9.90 Å². The number of nitrogens with zero attached hydrogens (tertiary/aromatic N) is 3. The van der Waals surface area contributed by atoms with E-state index in [1.807, 2.05) is 63.2 Å². The van der Waals surface area contributed by atoms with Crippen molar-refractivity contribution in [2.24, 2.45) is 15.3 Å². The van der Waals surface area contributed by atoms with Crippen LogP contribution in [0, 0.1) is 20.8 Å². The summed E-state index contributed by atoms with van der Waals surface area (Å²) in [6.45, 7) is 6.14. The van der Waals surface area contributed by atoms with Crippen molar-refractivity contribution in [1.29, 1.82) is 0 Å². The molecule has 0 bridgehead atoms. The molecule has 3 rings (SSSR count). The van der Waals surface area contributed by atoms with Crippen LogP contribution in [0.2, 0.25) is 0 Å². The van der Waals surface area contributed by atoms with Crippen molar-refractivity contribution in [3.8, 4) is 5.75 Å². The molecule has 1 amide bonds. The van der Waals surface area contributed by atoms with Gasteiger partial charge in [0.2, 0.25) is 0 Å². The Labute approximate surface area is 181 Å². The molecule has 0 unspecified atom stereocenters. The zero-order valence-electron chi connectivity index (χ0n) is 17.8. The number of aromatic hydroxyl groups is 1. The van der Waals surface area contributed by atoms with Gasteiger partial charge in [0, 0.05) is 11.3 Å². The van der Waals surface area contributed by atoms with E-state index < -0.39 is 0 Å². The number of hydrazone groups is 1. The molecule has 0 aliphatic heterocycles. The minimum Gasteiger partial charge on any atom is -0.507 e. The van der Waals surface area contributed by atoms with E-state index in [1.165, 1.54) is 17.8 Å². The summed E-state index contributed by atoms with van der Waals surface area (Å²) in [5, 5.41) is 25.4. The predicted octanol–water partition coefficient (Wildman–Crippen LogP) is 5.30. The second kappa shape index (κ2) is 10.2. The number of carbonyl (C=O) groups is 1. The van der Waals surface area contributed by atoms with Gasteiger partial charge in [-0.05, 0) is 74.4 Å². The molecule has 0 heterocycles. The molecule has 3 aromatic rings. The molecule has 7 heteroatoms. The Balaban J connectivity index is 1.58. The Morgan fingerprint density at radius 2 is 1.58 bits per heavy atom. The standard InChI is InChI=1S/C24H25N5O2/c1-16-4-7-20(8-5-16)25-15-24(31)29-26-14-19-13-22(10-11-23(19)30)28-27-21-9-6-17(2)18(3)12-21/h4-14,25,30H,15H2,1-3H3,(H,29,31). The average molecular weight is 415 g/mol. The Hall–Kier alpha value is -4.00. The number of phenolic OH excluding ortho intramolecular Hbond substituents is 1. The summed E-state index contributed by atoms with van der Waals surface area (Å²) in [6, 6.07) is 18.4. The number of anilines is 1. The minimum atomic E-state index is -0.304. The maximum atomic E-state index is 12.0. The summed E-state index contributed by atoms with van der Waals surface area (Å²) in [5.74, 6) is -0.275. The highest BCUT2D eigenvalue weighted by Gasteiger charge is 2.03. The third-order valence-corrected chi connectivity index (χ3v) is 4.68. The van der Waals surface area contributed by atoms with Crippen LogP contribution in [-0.4, -0.2) is 23.8 Å². The fourth-order valence-electron chi connectivity index (χ4n) is 2.68.